The quantitative estimate of drug-likeness (QED) is 0.247. The van der Waals surface area contributed by atoms with Crippen molar-refractivity contribution in [1.29, 1.82) is 0 Å². The van der Waals surface area contributed by atoms with Gasteiger partial charge in [0.1, 0.15) is 6.10 Å². The predicted molar refractivity (Wildman–Crippen MR) is 129 cm³/mol. The highest BCUT2D eigenvalue weighted by Crippen LogP contribution is 2.37. The first-order valence-corrected chi connectivity index (χ1v) is 12.1. The smallest absolute Gasteiger partial charge is 0.341 e. The van der Waals surface area contributed by atoms with Crippen molar-refractivity contribution in [2.45, 2.75) is 58.2 Å². The lowest BCUT2D eigenvalue weighted by Gasteiger charge is -2.29. The van der Waals surface area contributed by atoms with E-state index in [1.807, 2.05) is 6.92 Å². The van der Waals surface area contributed by atoms with Gasteiger partial charge in [0.05, 0.1) is 12.2 Å². The van der Waals surface area contributed by atoms with Crippen molar-refractivity contribution >= 4 is 5.97 Å². The summed E-state index contributed by atoms with van der Waals surface area (Å²) < 4.78 is 69.2. The Hall–Kier alpha value is -3.19. The summed E-state index contributed by atoms with van der Waals surface area (Å²) in [5.41, 5.74) is 1.54. The van der Waals surface area contributed by atoms with Gasteiger partial charge in [-0.2, -0.15) is 0 Å². The van der Waals surface area contributed by atoms with Crippen molar-refractivity contribution in [3.63, 3.8) is 0 Å². The van der Waals surface area contributed by atoms with Crippen LogP contribution >= 0.6 is 0 Å². The molecule has 1 aliphatic rings. The molecule has 4 rings (SSSR count). The molecule has 7 heteroatoms. The fourth-order valence-electron chi connectivity index (χ4n) is 4.61. The number of hydrogen-bond acceptors (Lipinski definition) is 3. The van der Waals surface area contributed by atoms with Crippen LogP contribution in [0.2, 0.25) is 0 Å². The minimum atomic E-state index is -1.25. The maximum atomic E-state index is 14.7. The first-order chi connectivity index (χ1) is 17.3. The first kappa shape index (κ1) is 25.9. The second-order valence-corrected chi connectivity index (χ2v) is 9.11. The molecule has 0 heterocycles. The standard InChI is InChI=1S/C29H28F4O3/c1-3-35-16-20-10-13-22(26(31)25(20)30)19-8-11-21(12-9-19)36-29(34)24-15-14-23(27(32)28(24)33)18-6-4-17(2)5-7-18/h4-7,10,13-15,19,21H,3,8-9,11-12,16H2,1-2H3. The van der Waals surface area contributed by atoms with Crippen LogP contribution in [0, 0.1) is 30.2 Å². The van der Waals surface area contributed by atoms with Gasteiger partial charge < -0.3 is 9.47 Å². The van der Waals surface area contributed by atoms with Crippen molar-refractivity contribution in [2.24, 2.45) is 0 Å². The van der Waals surface area contributed by atoms with Crippen LogP contribution in [0.1, 0.15) is 65.6 Å². The van der Waals surface area contributed by atoms with Crippen LogP contribution in [0.5, 0.6) is 0 Å². The molecule has 0 atom stereocenters. The third kappa shape index (κ3) is 5.46. The van der Waals surface area contributed by atoms with E-state index >= 15 is 0 Å². The summed E-state index contributed by atoms with van der Waals surface area (Å²) in [4.78, 5) is 12.6. The number of benzene rings is 3. The van der Waals surface area contributed by atoms with Gasteiger partial charge in [-0.05, 0) is 62.6 Å². The summed E-state index contributed by atoms with van der Waals surface area (Å²) in [6.07, 6.45) is 1.25. The lowest BCUT2D eigenvalue weighted by molar-refractivity contribution is 0.0188. The number of halogens is 4. The summed E-state index contributed by atoms with van der Waals surface area (Å²) in [6, 6.07) is 12.7. The van der Waals surface area contributed by atoms with Gasteiger partial charge in [0.25, 0.3) is 0 Å². The SMILES string of the molecule is CCOCc1ccc(C2CCC(OC(=O)c3ccc(-c4ccc(C)cc4)c(F)c3F)CC2)c(F)c1F. The fraction of sp³-hybridized carbons (Fsp3) is 0.345. The van der Waals surface area contributed by atoms with Gasteiger partial charge in [0, 0.05) is 17.7 Å². The molecule has 0 aromatic heterocycles. The Morgan fingerprint density at radius 1 is 0.833 bits per heavy atom. The van der Waals surface area contributed by atoms with E-state index in [1.54, 1.807) is 37.3 Å². The first-order valence-electron chi connectivity index (χ1n) is 12.1. The van der Waals surface area contributed by atoms with Crippen LogP contribution in [0.15, 0.2) is 48.5 Å². The van der Waals surface area contributed by atoms with E-state index in [0.717, 1.165) is 5.56 Å². The highest BCUT2D eigenvalue weighted by Gasteiger charge is 2.29. The Kier molecular flexibility index (Phi) is 8.09. The second kappa shape index (κ2) is 11.2. The van der Waals surface area contributed by atoms with Gasteiger partial charge in [0.15, 0.2) is 23.3 Å². The van der Waals surface area contributed by atoms with E-state index in [1.165, 1.54) is 18.2 Å². The van der Waals surface area contributed by atoms with Crippen molar-refractivity contribution in [3.8, 4) is 11.1 Å². The Morgan fingerprint density at radius 3 is 2.19 bits per heavy atom. The van der Waals surface area contributed by atoms with Gasteiger partial charge in [0.2, 0.25) is 0 Å². The van der Waals surface area contributed by atoms with E-state index < -0.39 is 40.9 Å². The van der Waals surface area contributed by atoms with Crippen LogP contribution in [0.25, 0.3) is 11.1 Å². The predicted octanol–water partition coefficient (Wildman–Crippen LogP) is 7.64. The molecule has 0 amide bonds. The molecule has 190 valence electrons. The molecule has 1 saturated carbocycles. The van der Waals surface area contributed by atoms with E-state index in [2.05, 4.69) is 0 Å². The lowest BCUT2D eigenvalue weighted by Crippen LogP contribution is -2.25. The topological polar surface area (TPSA) is 35.5 Å². The number of carbonyl (C=O) groups excluding carboxylic acids is 1. The van der Waals surface area contributed by atoms with Crippen LogP contribution in [0.3, 0.4) is 0 Å². The molecule has 36 heavy (non-hydrogen) atoms. The molecule has 0 radical (unpaired) electrons. The monoisotopic (exact) mass is 500 g/mol. The number of aryl methyl sites for hydroxylation is 1. The van der Waals surface area contributed by atoms with Gasteiger partial charge in [-0.3, -0.25) is 0 Å². The van der Waals surface area contributed by atoms with Crippen molar-refractivity contribution < 1.29 is 31.8 Å². The normalized spacial score (nSPS) is 17.7. The summed E-state index contributed by atoms with van der Waals surface area (Å²) in [5, 5.41) is 0. The average molecular weight is 501 g/mol. The van der Waals surface area contributed by atoms with Crippen LogP contribution < -0.4 is 0 Å². The van der Waals surface area contributed by atoms with Crippen molar-refractivity contribution in [2.75, 3.05) is 6.61 Å². The van der Waals surface area contributed by atoms with Gasteiger partial charge >= 0.3 is 5.97 Å². The number of esters is 1. The minimum Gasteiger partial charge on any atom is -0.459 e. The maximum Gasteiger partial charge on any atom is 0.341 e. The lowest BCUT2D eigenvalue weighted by atomic mass is 9.82. The summed E-state index contributed by atoms with van der Waals surface area (Å²) in [5.74, 6) is -5.31. The number of ether oxygens (including phenoxy) is 2. The molecule has 3 aromatic rings. The molecule has 0 bridgehead atoms. The van der Waals surface area contributed by atoms with Gasteiger partial charge in [-0.25, -0.2) is 22.4 Å². The molecule has 0 unspecified atom stereocenters. The van der Waals surface area contributed by atoms with Crippen LogP contribution in [0.4, 0.5) is 17.6 Å². The minimum absolute atomic E-state index is 0.00534. The van der Waals surface area contributed by atoms with E-state index in [4.69, 9.17) is 9.47 Å². The molecule has 1 fully saturated rings. The zero-order valence-electron chi connectivity index (χ0n) is 20.3. The molecular weight excluding hydrogens is 472 g/mol. The van der Waals surface area contributed by atoms with Gasteiger partial charge in [-0.15, -0.1) is 0 Å². The highest BCUT2D eigenvalue weighted by atomic mass is 19.2. The van der Waals surface area contributed by atoms with E-state index in [-0.39, 0.29) is 29.2 Å². The number of carbonyl (C=O) groups is 1. The number of rotatable bonds is 7. The van der Waals surface area contributed by atoms with Crippen LogP contribution in [-0.4, -0.2) is 18.7 Å². The molecule has 1 aliphatic carbocycles. The number of hydrogen-bond donors (Lipinski definition) is 0. The molecular formula is C29H28F4O3. The average Bonchev–Trinajstić information content (AvgIpc) is 2.88. The molecule has 3 nitrogen and oxygen atoms in total. The van der Waals surface area contributed by atoms with Gasteiger partial charge in [-0.1, -0.05) is 48.0 Å². The van der Waals surface area contributed by atoms with Crippen LogP contribution in [-0.2, 0) is 16.1 Å². The third-order valence-corrected chi connectivity index (χ3v) is 6.71. The largest absolute Gasteiger partial charge is 0.459 e. The molecule has 3 aromatic carbocycles. The molecule has 0 spiro atoms. The van der Waals surface area contributed by atoms with Crippen molar-refractivity contribution in [1.82, 2.24) is 0 Å². The second-order valence-electron chi connectivity index (χ2n) is 9.11. The molecule has 0 saturated heterocycles. The Morgan fingerprint density at radius 2 is 1.53 bits per heavy atom. The Labute approximate surface area is 208 Å². The Balaban J connectivity index is 1.39. The highest BCUT2D eigenvalue weighted by molar-refractivity contribution is 5.90. The van der Waals surface area contributed by atoms with Crippen molar-refractivity contribution in [3.05, 3.63) is 94.1 Å². The fourth-order valence-corrected chi connectivity index (χ4v) is 4.61. The summed E-state index contributed by atoms with van der Waals surface area (Å²) >= 11 is 0. The zero-order valence-corrected chi connectivity index (χ0v) is 20.3. The summed E-state index contributed by atoms with van der Waals surface area (Å²) in [6.45, 7) is 4.07. The zero-order chi connectivity index (χ0) is 25.8. The molecule has 0 aliphatic heterocycles. The third-order valence-electron chi connectivity index (χ3n) is 6.71. The summed E-state index contributed by atoms with van der Waals surface area (Å²) in [7, 11) is 0. The molecule has 0 N–H and O–H groups in total. The Bertz CT molecular complexity index is 1230. The van der Waals surface area contributed by atoms with E-state index in [9.17, 15) is 22.4 Å². The maximum absolute atomic E-state index is 14.7. The van der Waals surface area contributed by atoms with E-state index in [0.29, 0.717) is 37.9 Å².